The first-order valence-electron chi connectivity index (χ1n) is 12.8. The summed E-state index contributed by atoms with van der Waals surface area (Å²) >= 11 is 0.763. The van der Waals surface area contributed by atoms with Gasteiger partial charge in [-0.2, -0.15) is 0 Å². The van der Waals surface area contributed by atoms with E-state index in [2.05, 4.69) is 10.6 Å². The molecule has 4 N–H and O–H groups in total. The van der Waals surface area contributed by atoms with Gasteiger partial charge in [-0.25, -0.2) is 18.6 Å². The number of thiophene rings is 1. The van der Waals surface area contributed by atoms with Crippen molar-refractivity contribution in [3.05, 3.63) is 81.5 Å². The number of carbonyl (C=O) groups is 2. The van der Waals surface area contributed by atoms with Crippen LogP contribution in [0.4, 0.5) is 19.5 Å². The van der Waals surface area contributed by atoms with E-state index in [0.29, 0.717) is 11.5 Å². The highest BCUT2D eigenvalue weighted by atomic mass is 32.1. The van der Waals surface area contributed by atoms with Gasteiger partial charge in [-0.05, 0) is 61.1 Å². The lowest BCUT2D eigenvalue weighted by Gasteiger charge is -2.28. The molecule has 1 fully saturated rings. The van der Waals surface area contributed by atoms with Gasteiger partial charge < -0.3 is 20.4 Å². The maximum absolute atomic E-state index is 13.0. The summed E-state index contributed by atoms with van der Waals surface area (Å²) in [6.07, 6.45) is 0.215. The monoisotopic (exact) mass is 553 g/mol. The van der Waals surface area contributed by atoms with Crippen molar-refractivity contribution in [1.82, 2.24) is 14.9 Å². The Morgan fingerprint density at radius 1 is 1.05 bits per heavy atom. The highest BCUT2D eigenvalue weighted by Crippen LogP contribution is 2.35. The fraction of sp³-hybridized carbons (Fsp3) is 0.321. The van der Waals surface area contributed by atoms with Crippen molar-refractivity contribution in [2.75, 3.05) is 5.32 Å². The Balaban J connectivity index is 1.33. The molecule has 2 aromatic carbocycles. The normalized spacial score (nSPS) is 17.3. The number of aromatic nitrogens is 2. The third-order valence-corrected chi connectivity index (χ3v) is 7.89. The van der Waals surface area contributed by atoms with Crippen molar-refractivity contribution < 1.29 is 23.1 Å². The quantitative estimate of drug-likeness (QED) is 0.242. The summed E-state index contributed by atoms with van der Waals surface area (Å²) in [5, 5.41) is 5.59. The van der Waals surface area contributed by atoms with Gasteiger partial charge in [0.05, 0.1) is 20.8 Å². The molecule has 1 saturated carbocycles. The molecule has 0 radical (unpaired) electrons. The molecule has 0 saturated heterocycles. The number of nitrogens with zero attached hydrogens (tertiary/aromatic N) is 2. The maximum atomic E-state index is 13.0. The molecule has 1 aliphatic rings. The molecule has 0 bridgehead atoms. The summed E-state index contributed by atoms with van der Waals surface area (Å²) in [5.74, 6) is -0.131. The minimum atomic E-state index is -2.63. The van der Waals surface area contributed by atoms with Crippen LogP contribution >= 0.6 is 11.3 Å². The van der Waals surface area contributed by atoms with Gasteiger partial charge in [0, 0.05) is 18.6 Å². The number of hydrogen-bond donors (Lipinski definition) is 3. The number of anilines is 1. The molecule has 1 aliphatic carbocycles. The van der Waals surface area contributed by atoms with Crippen LogP contribution in [0, 0.1) is 0 Å². The number of fused-ring (bicyclic) bond motifs is 1. The Bertz CT molecular complexity index is 1450. The third-order valence-electron chi connectivity index (χ3n) is 6.80. The lowest BCUT2D eigenvalue weighted by atomic mass is 9.91. The first-order chi connectivity index (χ1) is 18.9. The smallest absolute Gasteiger partial charge is 0.407 e. The molecular weight excluding hydrogens is 524 g/mol. The molecule has 2 amide bonds. The Kier molecular flexibility index (Phi) is 8.18. The van der Waals surface area contributed by atoms with E-state index in [-0.39, 0.29) is 35.0 Å². The van der Waals surface area contributed by atoms with Gasteiger partial charge >= 0.3 is 6.09 Å². The van der Waals surface area contributed by atoms with E-state index in [1.165, 1.54) is 12.1 Å². The molecule has 0 unspecified atom stereocenters. The number of rotatable bonds is 8. The van der Waals surface area contributed by atoms with Crippen LogP contribution in [-0.4, -0.2) is 27.6 Å². The van der Waals surface area contributed by atoms with Crippen LogP contribution in [0.5, 0.6) is 0 Å². The largest absolute Gasteiger partial charge is 0.445 e. The number of halogens is 2. The number of carbonyl (C=O) groups excluding carboxylic acids is 2. The average Bonchev–Trinajstić information content (AvgIpc) is 3.57. The number of alkyl carbamates (subject to hydrolysis) is 1. The fourth-order valence-electron chi connectivity index (χ4n) is 4.78. The van der Waals surface area contributed by atoms with Crippen molar-refractivity contribution >= 4 is 40.3 Å². The lowest BCUT2D eigenvalue weighted by Crippen LogP contribution is -2.28. The Morgan fingerprint density at radius 2 is 1.82 bits per heavy atom. The topological polar surface area (TPSA) is 111 Å². The Labute approximate surface area is 228 Å². The molecule has 204 valence electrons. The van der Waals surface area contributed by atoms with E-state index in [0.717, 1.165) is 53.7 Å². The van der Waals surface area contributed by atoms with Gasteiger partial charge in [0.2, 0.25) is 5.95 Å². The summed E-state index contributed by atoms with van der Waals surface area (Å²) in [4.78, 5) is 29.9. The zero-order valence-corrected chi connectivity index (χ0v) is 21.9. The van der Waals surface area contributed by atoms with Crippen LogP contribution in [0.25, 0.3) is 11.0 Å². The number of nitrogens with one attached hydrogen (secondary N) is 2. The number of hydrogen-bond acceptors (Lipinski definition) is 6. The van der Waals surface area contributed by atoms with Crippen LogP contribution in [0.1, 0.15) is 63.8 Å². The average molecular weight is 554 g/mol. The van der Waals surface area contributed by atoms with Crippen LogP contribution in [0.15, 0.2) is 60.7 Å². The van der Waals surface area contributed by atoms with Crippen LogP contribution in [0.2, 0.25) is 0 Å². The van der Waals surface area contributed by atoms with Gasteiger partial charge in [0.15, 0.2) is 0 Å². The van der Waals surface area contributed by atoms with Crippen molar-refractivity contribution in [1.29, 1.82) is 0 Å². The first-order valence-corrected chi connectivity index (χ1v) is 13.6. The second-order valence-corrected chi connectivity index (χ2v) is 10.7. The van der Waals surface area contributed by atoms with Crippen molar-refractivity contribution in [2.24, 2.45) is 5.73 Å². The number of imidazole rings is 1. The predicted molar refractivity (Wildman–Crippen MR) is 146 cm³/mol. The molecule has 5 rings (SSSR count). The molecule has 0 atom stereocenters. The van der Waals surface area contributed by atoms with Crippen molar-refractivity contribution in [3.63, 3.8) is 0 Å². The molecule has 39 heavy (non-hydrogen) atoms. The van der Waals surface area contributed by atoms with Gasteiger partial charge in [-0.1, -0.05) is 36.4 Å². The van der Waals surface area contributed by atoms with Gasteiger partial charge in [0.25, 0.3) is 12.3 Å². The second kappa shape index (κ2) is 11.9. The summed E-state index contributed by atoms with van der Waals surface area (Å²) in [6, 6.07) is 18.0. The SMILES string of the molecule is NC1CCC(n2c(NC(=O)c3ccc(C(F)F)s3)nc3cc(CNC(=O)OCc4ccccc4)ccc32)CC1. The summed E-state index contributed by atoms with van der Waals surface area (Å²) in [5.41, 5.74) is 9.31. The molecular formula is C28H29F2N5O3S. The first kappa shape index (κ1) is 26.8. The predicted octanol–water partition coefficient (Wildman–Crippen LogP) is 6.16. The van der Waals surface area contributed by atoms with Gasteiger partial charge in [-0.15, -0.1) is 11.3 Å². The Morgan fingerprint density at radius 3 is 2.54 bits per heavy atom. The minimum absolute atomic E-state index is 0.0852. The minimum Gasteiger partial charge on any atom is -0.445 e. The summed E-state index contributed by atoms with van der Waals surface area (Å²) in [7, 11) is 0. The van der Waals surface area contributed by atoms with Gasteiger partial charge in [0.1, 0.15) is 6.61 Å². The van der Waals surface area contributed by atoms with E-state index in [4.69, 9.17) is 15.5 Å². The lowest BCUT2D eigenvalue weighted by molar-refractivity contribution is 0.102. The van der Waals surface area contributed by atoms with Crippen molar-refractivity contribution in [3.8, 4) is 0 Å². The fourth-order valence-corrected chi connectivity index (χ4v) is 5.53. The zero-order chi connectivity index (χ0) is 27.4. The van der Waals surface area contributed by atoms with E-state index < -0.39 is 18.4 Å². The van der Waals surface area contributed by atoms with Gasteiger partial charge in [-0.3, -0.25) is 10.1 Å². The molecule has 2 aromatic heterocycles. The summed E-state index contributed by atoms with van der Waals surface area (Å²) in [6.45, 7) is 0.412. The molecule has 8 nitrogen and oxygen atoms in total. The van der Waals surface area contributed by atoms with Crippen LogP contribution in [-0.2, 0) is 17.9 Å². The molecule has 2 heterocycles. The highest BCUT2D eigenvalue weighted by Gasteiger charge is 2.26. The molecule has 0 spiro atoms. The Hall–Kier alpha value is -3.83. The number of benzene rings is 2. The van der Waals surface area contributed by atoms with E-state index in [1.807, 2.05) is 53.1 Å². The number of nitrogens with two attached hydrogens (primary N) is 1. The number of ether oxygens (including phenoxy) is 1. The second-order valence-electron chi connectivity index (χ2n) is 9.57. The van der Waals surface area contributed by atoms with Crippen LogP contribution in [0.3, 0.4) is 0 Å². The van der Waals surface area contributed by atoms with E-state index in [1.54, 1.807) is 0 Å². The summed E-state index contributed by atoms with van der Waals surface area (Å²) < 4.78 is 33.4. The highest BCUT2D eigenvalue weighted by molar-refractivity contribution is 7.14. The van der Waals surface area contributed by atoms with E-state index >= 15 is 0 Å². The molecule has 4 aromatic rings. The maximum Gasteiger partial charge on any atom is 0.407 e. The number of alkyl halides is 2. The molecule has 0 aliphatic heterocycles. The van der Waals surface area contributed by atoms with E-state index in [9.17, 15) is 18.4 Å². The van der Waals surface area contributed by atoms with Crippen LogP contribution < -0.4 is 16.4 Å². The van der Waals surface area contributed by atoms with Crippen molar-refractivity contribution in [2.45, 2.75) is 57.3 Å². The zero-order valence-electron chi connectivity index (χ0n) is 21.1. The third kappa shape index (κ3) is 6.43. The molecule has 11 heteroatoms. The number of amides is 2. The standard InChI is InChI=1S/C28H29F2N5O3S/c29-25(30)23-12-13-24(39-23)26(36)34-27-33-21-14-18(15-32-28(37)38-16-17-4-2-1-3-5-17)6-11-22(21)35(27)20-9-7-19(31)8-10-20/h1-6,11-14,19-20,25H,7-10,15-16,31H2,(H,32,37)(H,33,34,36).